The van der Waals surface area contributed by atoms with Gasteiger partial charge in [-0.2, -0.15) is 0 Å². The highest BCUT2D eigenvalue weighted by molar-refractivity contribution is 5.53. The van der Waals surface area contributed by atoms with Crippen LogP contribution in [0.5, 0.6) is 23.0 Å². The second kappa shape index (κ2) is 12.0. The third-order valence-corrected chi connectivity index (χ3v) is 5.87. The fourth-order valence-electron chi connectivity index (χ4n) is 3.83. The van der Waals surface area contributed by atoms with Gasteiger partial charge in [0, 0.05) is 12.8 Å². The van der Waals surface area contributed by atoms with Gasteiger partial charge in [-0.05, 0) is 97.9 Å². The fourth-order valence-corrected chi connectivity index (χ4v) is 3.83. The summed E-state index contributed by atoms with van der Waals surface area (Å²) in [5, 5.41) is 0. The molecule has 0 amide bonds. The van der Waals surface area contributed by atoms with Crippen LogP contribution in [0.15, 0.2) is 12.1 Å². The Bertz CT molecular complexity index is 988. The highest BCUT2D eigenvalue weighted by Crippen LogP contribution is 2.35. The molecule has 2 aromatic rings. The van der Waals surface area contributed by atoms with Gasteiger partial charge in [0.1, 0.15) is 23.0 Å². The first-order valence-corrected chi connectivity index (χ1v) is 10.8. The zero-order valence-corrected chi connectivity index (χ0v) is 20.6. The number of rotatable bonds is 8. The molecule has 0 saturated carbocycles. The molecule has 2 aromatic carbocycles. The summed E-state index contributed by atoms with van der Waals surface area (Å²) in [6, 6.07) is 4.08. The summed E-state index contributed by atoms with van der Waals surface area (Å²) >= 11 is 0. The molecule has 0 aromatic heterocycles. The first-order valence-electron chi connectivity index (χ1n) is 10.8. The van der Waals surface area contributed by atoms with Crippen molar-refractivity contribution in [3.8, 4) is 46.7 Å². The van der Waals surface area contributed by atoms with Gasteiger partial charge in [0.05, 0.1) is 28.4 Å². The standard InChI is InChI=1S/C28H34O4/c1-19-21(3)27(31-7)23(17-25(19)29-5)15-13-11-9-10-12-14-16-24-18-26(30-6)20(2)22(4)28(24)32-8/h17-18H,13-16H2,1-8H3. The van der Waals surface area contributed by atoms with Gasteiger partial charge in [-0.25, -0.2) is 0 Å². The van der Waals surface area contributed by atoms with Crippen LogP contribution in [0, 0.1) is 51.4 Å². The average molecular weight is 435 g/mol. The molecule has 0 unspecified atom stereocenters. The molecular formula is C28H34O4. The van der Waals surface area contributed by atoms with E-state index in [2.05, 4.69) is 37.5 Å². The van der Waals surface area contributed by atoms with Crippen molar-refractivity contribution in [2.75, 3.05) is 28.4 Å². The molecule has 0 fully saturated rings. The first-order chi connectivity index (χ1) is 15.4. The smallest absolute Gasteiger partial charge is 0.125 e. The lowest BCUT2D eigenvalue weighted by Gasteiger charge is -2.16. The van der Waals surface area contributed by atoms with Gasteiger partial charge in [-0.3, -0.25) is 0 Å². The lowest BCUT2D eigenvalue weighted by atomic mass is 10.00. The molecule has 0 aliphatic carbocycles. The van der Waals surface area contributed by atoms with Crippen LogP contribution in [0.4, 0.5) is 0 Å². The minimum absolute atomic E-state index is 0.707. The van der Waals surface area contributed by atoms with Crippen LogP contribution in [0.25, 0.3) is 0 Å². The maximum atomic E-state index is 5.61. The van der Waals surface area contributed by atoms with E-state index in [1.165, 1.54) is 0 Å². The summed E-state index contributed by atoms with van der Waals surface area (Å²) in [6.45, 7) is 8.19. The number of ether oxygens (including phenoxy) is 4. The molecule has 0 saturated heterocycles. The van der Waals surface area contributed by atoms with E-state index in [4.69, 9.17) is 18.9 Å². The largest absolute Gasteiger partial charge is 0.496 e. The molecule has 0 atom stereocenters. The monoisotopic (exact) mass is 434 g/mol. The highest BCUT2D eigenvalue weighted by atomic mass is 16.5. The van der Waals surface area contributed by atoms with Crippen molar-refractivity contribution in [1.29, 1.82) is 0 Å². The van der Waals surface area contributed by atoms with E-state index in [0.29, 0.717) is 12.8 Å². The van der Waals surface area contributed by atoms with Gasteiger partial charge in [0.25, 0.3) is 0 Å². The normalized spacial score (nSPS) is 9.88. The molecule has 0 bridgehead atoms. The zero-order valence-electron chi connectivity index (χ0n) is 20.6. The summed E-state index contributed by atoms with van der Waals surface area (Å²) < 4.78 is 22.2. The lowest BCUT2D eigenvalue weighted by molar-refractivity contribution is 0.393. The van der Waals surface area contributed by atoms with Crippen LogP contribution in [0.2, 0.25) is 0 Å². The Morgan fingerprint density at radius 3 is 1.25 bits per heavy atom. The van der Waals surface area contributed by atoms with E-state index in [0.717, 1.165) is 69.2 Å². The molecule has 0 heterocycles. The third-order valence-electron chi connectivity index (χ3n) is 5.87. The number of hydrogen-bond donors (Lipinski definition) is 0. The maximum Gasteiger partial charge on any atom is 0.125 e. The predicted octanol–water partition coefficient (Wildman–Crippen LogP) is 5.53. The van der Waals surface area contributed by atoms with Gasteiger partial charge in [0.2, 0.25) is 0 Å². The Balaban J connectivity index is 2.00. The summed E-state index contributed by atoms with van der Waals surface area (Å²) in [5.74, 6) is 15.8. The Kier molecular flexibility index (Phi) is 9.36. The van der Waals surface area contributed by atoms with Crippen LogP contribution in [-0.4, -0.2) is 28.4 Å². The summed E-state index contributed by atoms with van der Waals surface area (Å²) in [6.07, 6.45) is 2.99. The Morgan fingerprint density at radius 1 is 0.562 bits per heavy atom. The zero-order chi connectivity index (χ0) is 23.7. The molecule has 2 rings (SSSR count). The highest BCUT2D eigenvalue weighted by Gasteiger charge is 2.14. The molecule has 4 heteroatoms. The molecule has 0 spiro atoms. The van der Waals surface area contributed by atoms with E-state index < -0.39 is 0 Å². The predicted molar refractivity (Wildman–Crippen MR) is 130 cm³/mol. The van der Waals surface area contributed by atoms with E-state index in [1.54, 1.807) is 28.4 Å². The molecule has 0 N–H and O–H groups in total. The van der Waals surface area contributed by atoms with Crippen molar-refractivity contribution >= 4 is 0 Å². The van der Waals surface area contributed by atoms with E-state index >= 15 is 0 Å². The fraction of sp³-hybridized carbons (Fsp3) is 0.429. The second-order valence-corrected chi connectivity index (χ2v) is 7.65. The van der Waals surface area contributed by atoms with Crippen LogP contribution < -0.4 is 18.9 Å². The van der Waals surface area contributed by atoms with Crippen molar-refractivity contribution in [3.63, 3.8) is 0 Å². The van der Waals surface area contributed by atoms with Gasteiger partial charge in [0.15, 0.2) is 0 Å². The number of benzene rings is 2. The van der Waals surface area contributed by atoms with Crippen molar-refractivity contribution in [1.82, 2.24) is 0 Å². The van der Waals surface area contributed by atoms with Crippen molar-refractivity contribution < 1.29 is 18.9 Å². The van der Waals surface area contributed by atoms with Crippen molar-refractivity contribution in [3.05, 3.63) is 45.5 Å². The molecule has 4 nitrogen and oxygen atoms in total. The van der Waals surface area contributed by atoms with Crippen LogP contribution in [-0.2, 0) is 12.8 Å². The minimum atomic E-state index is 0.707. The molecule has 0 radical (unpaired) electrons. The quantitative estimate of drug-likeness (QED) is 0.512. The van der Waals surface area contributed by atoms with Crippen LogP contribution in [0.3, 0.4) is 0 Å². The summed E-state index contributed by atoms with van der Waals surface area (Å²) in [5.41, 5.74) is 6.61. The van der Waals surface area contributed by atoms with Crippen molar-refractivity contribution in [2.24, 2.45) is 0 Å². The number of hydrogen-bond acceptors (Lipinski definition) is 4. The first kappa shape index (κ1) is 25.0. The minimum Gasteiger partial charge on any atom is -0.496 e. The molecule has 32 heavy (non-hydrogen) atoms. The number of aryl methyl sites for hydroxylation is 2. The summed E-state index contributed by atoms with van der Waals surface area (Å²) in [4.78, 5) is 0. The van der Waals surface area contributed by atoms with Crippen LogP contribution in [0.1, 0.15) is 46.2 Å². The van der Waals surface area contributed by atoms with Crippen LogP contribution >= 0.6 is 0 Å². The van der Waals surface area contributed by atoms with E-state index in [1.807, 2.05) is 26.0 Å². The molecule has 0 aliphatic heterocycles. The Labute approximate surface area is 193 Å². The second-order valence-electron chi connectivity index (χ2n) is 7.65. The van der Waals surface area contributed by atoms with Gasteiger partial charge < -0.3 is 18.9 Å². The lowest BCUT2D eigenvalue weighted by Crippen LogP contribution is -2.00. The van der Waals surface area contributed by atoms with Gasteiger partial charge in [-0.15, -0.1) is 0 Å². The van der Waals surface area contributed by atoms with E-state index in [9.17, 15) is 0 Å². The molecule has 170 valence electrons. The van der Waals surface area contributed by atoms with Crippen molar-refractivity contribution in [2.45, 2.75) is 53.4 Å². The third kappa shape index (κ3) is 5.71. The SMILES string of the molecule is COc1cc(CCC#CC#CCCc2cc(OC)c(C)c(C)c2OC)c(OC)c(C)c1C. The molecule has 0 aliphatic rings. The Morgan fingerprint density at radius 2 is 0.938 bits per heavy atom. The molecular weight excluding hydrogens is 400 g/mol. The van der Waals surface area contributed by atoms with E-state index in [-0.39, 0.29) is 0 Å². The number of methoxy groups -OCH3 is 4. The van der Waals surface area contributed by atoms with Gasteiger partial charge >= 0.3 is 0 Å². The topological polar surface area (TPSA) is 36.9 Å². The average Bonchev–Trinajstić information content (AvgIpc) is 2.79. The van der Waals surface area contributed by atoms with Gasteiger partial charge in [-0.1, -0.05) is 11.8 Å². The summed E-state index contributed by atoms with van der Waals surface area (Å²) in [7, 11) is 6.79. The Hall–Kier alpha value is -3.24. The maximum absolute atomic E-state index is 5.61.